The highest BCUT2D eigenvalue weighted by Gasteiger charge is 2.01. The van der Waals surface area contributed by atoms with Gasteiger partial charge in [0, 0.05) is 1.37 Å². The molecule has 0 amide bonds. The zero-order chi connectivity index (χ0) is 13.4. The van der Waals surface area contributed by atoms with E-state index in [-0.39, 0.29) is 6.40 Å². The Morgan fingerprint density at radius 3 is 2.59 bits per heavy atom. The summed E-state index contributed by atoms with van der Waals surface area (Å²) in [6.45, 7) is 6.61. The van der Waals surface area contributed by atoms with E-state index in [9.17, 15) is 0 Å². The molecule has 0 aliphatic carbocycles. The molecule has 17 heavy (non-hydrogen) atoms. The lowest BCUT2D eigenvalue weighted by Gasteiger charge is -2.09. The van der Waals surface area contributed by atoms with Gasteiger partial charge in [-0.2, -0.15) is 0 Å². The first-order chi connectivity index (χ1) is 8.59. The molecule has 0 aliphatic heterocycles. The molecule has 2 atom stereocenters. The van der Waals surface area contributed by atoms with Crippen LogP contribution in [0.1, 0.15) is 53.4 Å². The molecule has 0 saturated heterocycles. The van der Waals surface area contributed by atoms with Crippen molar-refractivity contribution in [3.63, 3.8) is 0 Å². The van der Waals surface area contributed by atoms with E-state index in [2.05, 4.69) is 39.0 Å². The Labute approximate surface area is 108 Å². The van der Waals surface area contributed by atoms with Gasteiger partial charge in [0.1, 0.15) is 0 Å². The Balaban J connectivity index is 2.26. The second kappa shape index (κ2) is 8.11. The van der Waals surface area contributed by atoms with Crippen LogP contribution in [0.4, 0.5) is 0 Å². The third-order valence-corrected chi connectivity index (χ3v) is 3.05. The third kappa shape index (κ3) is 6.99. The average molecular weight is 231 g/mol. The minimum Gasteiger partial charge on any atom is -0.0859 e. The minimum atomic E-state index is -0.0582. The molecular weight excluding hydrogens is 204 g/mol. The number of allylic oxidation sites excluding steroid dienone is 2. The van der Waals surface area contributed by atoms with E-state index in [1.54, 1.807) is 0 Å². The largest absolute Gasteiger partial charge is 0.0859 e. The summed E-state index contributed by atoms with van der Waals surface area (Å²) in [6.07, 6.45) is 6.80. The smallest absolute Gasteiger partial charge is 0.0316 e. The molecule has 0 saturated carbocycles. The molecule has 0 heterocycles. The predicted octanol–water partition coefficient (Wildman–Crippen LogP) is 5.39. The standard InChI is InChI=1S/C17H26/c1-15(2)9-7-10-16(3)11-8-14-17-12-5-4-6-13-17/h4-6,9,12-13,16H,7-8,10-11,14H2,1-3H3/t16-/m0/s1/i14D/t14?,16-. The van der Waals surface area contributed by atoms with Crippen molar-refractivity contribution >= 4 is 0 Å². The monoisotopic (exact) mass is 231 g/mol. The van der Waals surface area contributed by atoms with Crippen molar-refractivity contribution in [2.75, 3.05) is 0 Å². The number of aryl methyl sites for hydroxylation is 1. The first-order valence-corrected chi connectivity index (χ1v) is 6.70. The average Bonchev–Trinajstić information content (AvgIpc) is 2.36. The van der Waals surface area contributed by atoms with Crippen LogP contribution in [-0.4, -0.2) is 0 Å². The highest BCUT2D eigenvalue weighted by molar-refractivity contribution is 5.14. The van der Waals surface area contributed by atoms with Crippen LogP contribution in [0.5, 0.6) is 0 Å². The highest BCUT2D eigenvalue weighted by Crippen LogP contribution is 2.15. The number of hydrogen-bond acceptors (Lipinski definition) is 0. The molecule has 0 aliphatic rings. The Morgan fingerprint density at radius 2 is 1.94 bits per heavy atom. The van der Waals surface area contributed by atoms with Crippen molar-refractivity contribution in [2.24, 2.45) is 5.92 Å². The summed E-state index contributed by atoms with van der Waals surface area (Å²) >= 11 is 0. The van der Waals surface area contributed by atoms with Crippen molar-refractivity contribution in [2.45, 2.75) is 52.9 Å². The number of rotatable bonds is 7. The molecule has 1 unspecified atom stereocenters. The number of hydrogen-bond donors (Lipinski definition) is 0. The summed E-state index contributed by atoms with van der Waals surface area (Å²) in [5, 5.41) is 0. The first kappa shape index (κ1) is 12.4. The van der Waals surface area contributed by atoms with Gasteiger partial charge < -0.3 is 0 Å². The maximum Gasteiger partial charge on any atom is 0.0316 e. The molecule has 0 radical (unpaired) electrons. The quantitative estimate of drug-likeness (QED) is 0.552. The lowest BCUT2D eigenvalue weighted by atomic mass is 9.96. The predicted molar refractivity (Wildman–Crippen MR) is 77.2 cm³/mol. The van der Waals surface area contributed by atoms with Gasteiger partial charge in [0.15, 0.2) is 0 Å². The summed E-state index contributed by atoms with van der Waals surface area (Å²) in [6, 6.07) is 10.2. The van der Waals surface area contributed by atoms with Crippen LogP contribution in [0.2, 0.25) is 0 Å². The van der Waals surface area contributed by atoms with Crippen molar-refractivity contribution in [1.82, 2.24) is 0 Å². The Kier molecular flexibility index (Phi) is 5.92. The summed E-state index contributed by atoms with van der Waals surface area (Å²) < 4.78 is 8.14. The van der Waals surface area contributed by atoms with Crippen molar-refractivity contribution in [3.8, 4) is 0 Å². The maximum absolute atomic E-state index is 8.14. The van der Waals surface area contributed by atoms with Gasteiger partial charge in [-0.15, -0.1) is 0 Å². The summed E-state index contributed by atoms with van der Waals surface area (Å²) in [4.78, 5) is 0. The second-order valence-electron chi connectivity index (χ2n) is 5.16. The van der Waals surface area contributed by atoms with Gasteiger partial charge in [-0.25, -0.2) is 0 Å². The molecule has 0 spiro atoms. The van der Waals surface area contributed by atoms with Gasteiger partial charge in [-0.1, -0.05) is 55.3 Å². The first-order valence-electron chi connectivity index (χ1n) is 7.28. The van der Waals surface area contributed by atoms with Gasteiger partial charge in [-0.3, -0.25) is 0 Å². The lowest BCUT2D eigenvalue weighted by molar-refractivity contribution is 0.478. The molecule has 1 aromatic rings. The van der Waals surface area contributed by atoms with Crippen molar-refractivity contribution in [3.05, 3.63) is 47.5 Å². The Bertz CT molecular complexity index is 349. The topological polar surface area (TPSA) is 0 Å². The summed E-state index contributed by atoms with van der Waals surface area (Å²) in [7, 11) is 0. The van der Waals surface area contributed by atoms with Gasteiger partial charge in [0.05, 0.1) is 0 Å². The van der Waals surface area contributed by atoms with E-state index < -0.39 is 0 Å². The molecule has 0 bridgehead atoms. The van der Waals surface area contributed by atoms with E-state index >= 15 is 0 Å². The van der Waals surface area contributed by atoms with E-state index in [0.29, 0.717) is 0 Å². The molecule has 0 heteroatoms. The fraction of sp³-hybridized carbons (Fsp3) is 0.529. The molecule has 0 aromatic heterocycles. The molecule has 1 aromatic carbocycles. The SMILES string of the molecule is [2H]C(CC[C@@H](C)CCC=C(C)C)c1ccccc1. The van der Waals surface area contributed by atoms with Crippen LogP contribution in [0.25, 0.3) is 0 Å². The zero-order valence-electron chi connectivity index (χ0n) is 12.4. The van der Waals surface area contributed by atoms with Crippen LogP contribution < -0.4 is 0 Å². The Morgan fingerprint density at radius 1 is 1.24 bits per heavy atom. The van der Waals surface area contributed by atoms with Gasteiger partial charge in [0.2, 0.25) is 0 Å². The van der Waals surface area contributed by atoms with Gasteiger partial charge in [0.25, 0.3) is 0 Å². The maximum atomic E-state index is 8.14. The van der Waals surface area contributed by atoms with E-state index in [4.69, 9.17) is 1.37 Å². The molecule has 0 fully saturated rings. The van der Waals surface area contributed by atoms with Crippen LogP contribution >= 0.6 is 0 Å². The molecular formula is C17H26. The van der Waals surface area contributed by atoms with E-state index in [0.717, 1.165) is 24.3 Å². The zero-order valence-corrected chi connectivity index (χ0v) is 11.4. The van der Waals surface area contributed by atoms with Crippen LogP contribution in [0, 0.1) is 5.92 Å². The second-order valence-corrected chi connectivity index (χ2v) is 5.16. The lowest BCUT2D eigenvalue weighted by Crippen LogP contribution is -1.95. The summed E-state index contributed by atoms with van der Waals surface area (Å²) in [5.74, 6) is 0.720. The van der Waals surface area contributed by atoms with Crippen molar-refractivity contribution < 1.29 is 1.37 Å². The fourth-order valence-electron chi connectivity index (χ4n) is 1.92. The van der Waals surface area contributed by atoms with Gasteiger partial charge in [-0.05, 0) is 51.0 Å². The molecule has 0 N–H and O–H groups in total. The van der Waals surface area contributed by atoms with Crippen LogP contribution in [0.3, 0.4) is 0 Å². The Hall–Kier alpha value is -1.04. The van der Waals surface area contributed by atoms with Gasteiger partial charge >= 0.3 is 0 Å². The normalized spacial score (nSPS) is 14.9. The third-order valence-electron chi connectivity index (χ3n) is 3.05. The van der Waals surface area contributed by atoms with E-state index in [1.807, 2.05) is 18.2 Å². The van der Waals surface area contributed by atoms with E-state index in [1.165, 1.54) is 18.4 Å². The molecule has 1 rings (SSSR count). The minimum absolute atomic E-state index is 0.0582. The highest BCUT2D eigenvalue weighted by atomic mass is 14.1. The van der Waals surface area contributed by atoms with Crippen LogP contribution in [-0.2, 0) is 6.40 Å². The number of benzene rings is 1. The molecule has 0 nitrogen and oxygen atoms in total. The van der Waals surface area contributed by atoms with Crippen molar-refractivity contribution in [1.29, 1.82) is 0 Å². The molecule has 94 valence electrons. The summed E-state index contributed by atoms with van der Waals surface area (Å²) in [5.41, 5.74) is 2.55. The van der Waals surface area contributed by atoms with Crippen LogP contribution in [0.15, 0.2) is 42.0 Å². The fourth-order valence-corrected chi connectivity index (χ4v) is 1.92.